The zero-order chi connectivity index (χ0) is 6.85. The van der Waals surface area contributed by atoms with Crippen molar-refractivity contribution in [2.75, 3.05) is 0 Å². The van der Waals surface area contributed by atoms with Crippen molar-refractivity contribution in [2.24, 2.45) is 0 Å². The van der Waals surface area contributed by atoms with E-state index in [2.05, 4.69) is 0 Å². The van der Waals surface area contributed by atoms with Gasteiger partial charge in [-0.1, -0.05) is 0 Å². The Balaban J connectivity index is 3.17. The topological polar surface area (TPSA) is 40.5 Å². The van der Waals surface area contributed by atoms with E-state index in [9.17, 15) is 0 Å². The van der Waals surface area contributed by atoms with Crippen LogP contribution in [-0.4, -0.2) is 34.6 Å². The van der Waals surface area contributed by atoms with E-state index in [4.69, 9.17) is 10.2 Å². The van der Waals surface area contributed by atoms with Crippen LogP contribution in [-0.2, 0) is 0 Å². The molecule has 0 aliphatic rings. The second kappa shape index (κ2) is 2.52. The average Bonchev–Trinajstić information content (AvgIpc) is 1.80. The van der Waals surface area contributed by atoms with Gasteiger partial charge in [-0.25, -0.2) is 0 Å². The first-order chi connectivity index (χ1) is 4.20. The molecule has 1 rings (SSSR count). The maximum absolute atomic E-state index is 8.99. The van der Waals surface area contributed by atoms with Gasteiger partial charge >= 0.3 is 67.6 Å². The molecule has 3 heteroatoms. The van der Waals surface area contributed by atoms with E-state index in [-0.39, 0.29) is 30.1 Å². The van der Waals surface area contributed by atoms with Crippen LogP contribution in [0.15, 0.2) is 18.2 Å². The normalized spacial score (nSPS) is 9.33. The van der Waals surface area contributed by atoms with Gasteiger partial charge in [-0.05, 0) is 0 Å². The molecule has 0 amide bonds. The summed E-state index contributed by atoms with van der Waals surface area (Å²) in [6.07, 6.45) is 0. The number of aromatic hydroxyl groups is 2. The molecule has 2 nitrogen and oxygen atoms in total. The molecule has 0 radical (unpaired) electrons. The Bertz CT molecular complexity index is 222. The molecule has 0 atom stereocenters. The molecule has 0 unspecified atom stereocenters. The molecule has 1 aromatic rings. The minimum absolute atomic E-state index is 0.238. The van der Waals surface area contributed by atoms with Crippen LogP contribution in [0, 0.1) is 0 Å². The van der Waals surface area contributed by atoms with E-state index in [1.165, 1.54) is 12.1 Å². The molecular formula is C6H7InO2. The number of hydrogen-bond donors (Lipinski definition) is 2. The molecule has 0 fully saturated rings. The quantitative estimate of drug-likeness (QED) is 0.577. The van der Waals surface area contributed by atoms with Crippen molar-refractivity contribution in [1.82, 2.24) is 0 Å². The summed E-state index contributed by atoms with van der Waals surface area (Å²) in [5, 5.41) is 17.8. The molecule has 0 saturated carbocycles. The fourth-order valence-electron chi connectivity index (χ4n) is 0.640. The van der Waals surface area contributed by atoms with Gasteiger partial charge in [-0.3, -0.25) is 0 Å². The number of phenols is 2. The van der Waals surface area contributed by atoms with Crippen LogP contribution in [0.25, 0.3) is 0 Å². The first-order valence-corrected chi connectivity index (χ1v) is 5.54. The average molecular weight is 226 g/mol. The van der Waals surface area contributed by atoms with Crippen molar-refractivity contribution in [2.45, 2.75) is 0 Å². The summed E-state index contributed by atoms with van der Waals surface area (Å²) < 4.78 is 0.900. The summed E-state index contributed by atoms with van der Waals surface area (Å²) in [7, 11) is 0. The third kappa shape index (κ3) is 1.55. The van der Waals surface area contributed by atoms with Crippen LogP contribution in [0.2, 0.25) is 0 Å². The summed E-state index contributed by atoms with van der Waals surface area (Å²) in [6.45, 7) is 0. The second-order valence-corrected chi connectivity index (χ2v) is 5.05. The van der Waals surface area contributed by atoms with Crippen LogP contribution >= 0.6 is 0 Å². The molecule has 0 saturated heterocycles. The Kier molecular flexibility index (Phi) is 1.90. The zero-order valence-corrected chi connectivity index (χ0v) is 10.8. The Labute approximate surface area is 67.7 Å². The molecule has 0 heterocycles. The maximum atomic E-state index is 8.99. The number of phenolic OH excluding ortho intramolecular Hbond substituents is 2. The standard InChI is InChI=1S/C6H5O2.In.2H/c7-5-1-2-6(8)4-3-5;;;/h1-3,7-8H;;;. The summed E-state index contributed by atoms with van der Waals surface area (Å²) in [5.41, 5.74) is 0. The molecule has 0 bridgehead atoms. The van der Waals surface area contributed by atoms with Crippen LogP contribution in [0.4, 0.5) is 0 Å². The van der Waals surface area contributed by atoms with E-state index in [0.29, 0.717) is 5.75 Å². The molecule has 2 N–H and O–H groups in total. The summed E-state index contributed by atoms with van der Waals surface area (Å²) in [4.78, 5) is 0. The molecule has 1 aromatic carbocycles. The summed E-state index contributed by atoms with van der Waals surface area (Å²) in [6, 6.07) is 4.60. The van der Waals surface area contributed by atoms with Gasteiger partial charge in [0, 0.05) is 0 Å². The van der Waals surface area contributed by atoms with Crippen molar-refractivity contribution >= 4 is 27.7 Å². The van der Waals surface area contributed by atoms with Crippen molar-refractivity contribution in [1.29, 1.82) is 0 Å². The van der Waals surface area contributed by atoms with Gasteiger partial charge in [-0.2, -0.15) is 0 Å². The number of benzene rings is 1. The van der Waals surface area contributed by atoms with Crippen molar-refractivity contribution in [3.8, 4) is 11.5 Å². The van der Waals surface area contributed by atoms with Gasteiger partial charge in [0.2, 0.25) is 0 Å². The molecule has 0 aliphatic heterocycles. The molecule has 0 aromatic heterocycles. The predicted octanol–water partition coefficient (Wildman–Crippen LogP) is -0.644. The minimum atomic E-state index is 0.238. The SMILES string of the molecule is Oc1ccc(O)[c]([InH2])c1. The monoisotopic (exact) mass is 226 g/mol. The molecule has 0 spiro atoms. The third-order valence-electron chi connectivity index (χ3n) is 1.18. The van der Waals surface area contributed by atoms with E-state index in [0.717, 1.165) is 3.32 Å². The van der Waals surface area contributed by atoms with Gasteiger partial charge in [0.15, 0.2) is 0 Å². The third-order valence-corrected chi connectivity index (χ3v) is 3.47. The predicted molar refractivity (Wildman–Crippen MR) is 37.9 cm³/mol. The van der Waals surface area contributed by atoms with Crippen molar-refractivity contribution in [3.63, 3.8) is 0 Å². The second-order valence-electron chi connectivity index (χ2n) is 1.97. The molecule has 9 heavy (non-hydrogen) atoms. The van der Waals surface area contributed by atoms with E-state index < -0.39 is 0 Å². The van der Waals surface area contributed by atoms with Crippen LogP contribution in [0.3, 0.4) is 0 Å². The number of rotatable bonds is 0. The van der Waals surface area contributed by atoms with Gasteiger partial charge in [0.1, 0.15) is 0 Å². The Hall–Kier alpha value is -0.310. The van der Waals surface area contributed by atoms with Crippen LogP contribution in [0.1, 0.15) is 0 Å². The van der Waals surface area contributed by atoms with Crippen molar-refractivity contribution < 1.29 is 10.2 Å². The Morgan fingerprint density at radius 1 is 1.22 bits per heavy atom. The van der Waals surface area contributed by atoms with Gasteiger partial charge in [0.25, 0.3) is 0 Å². The van der Waals surface area contributed by atoms with Crippen LogP contribution in [0.5, 0.6) is 11.5 Å². The first kappa shape index (κ1) is 6.81. The van der Waals surface area contributed by atoms with Gasteiger partial charge in [0.05, 0.1) is 0 Å². The van der Waals surface area contributed by atoms with Gasteiger partial charge in [-0.15, -0.1) is 0 Å². The zero-order valence-electron chi connectivity index (χ0n) is 5.13. The van der Waals surface area contributed by atoms with Crippen molar-refractivity contribution in [3.05, 3.63) is 18.2 Å². The van der Waals surface area contributed by atoms with Crippen LogP contribution < -0.4 is 3.32 Å². The number of hydrogen-bond acceptors (Lipinski definition) is 2. The molecular weight excluding hydrogens is 219 g/mol. The van der Waals surface area contributed by atoms with Gasteiger partial charge < -0.3 is 0 Å². The fourth-order valence-corrected chi connectivity index (χ4v) is 1.96. The summed E-state index contributed by atoms with van der Waals surface area (Å²) in [5.74, 6) is 0.547. The van der Waals surface area contributed by atoms with E-state index in [1.807, 2.05) is 0 Å². The van der Waals surface area contributed by atoms with E-state index in [1.54, 1.807) is 6.07 Å². The Morgan fingerprint density at radius 2 is 1.89 bits per heavy atom. The Morgan fingerprint density at radius 3 is 2.33 bits per heavy atom. The summed E-state index contributed by atoms with van der Waals surface area (Å²) >= 11 is 0.270. The first-order valence-electron chi connectivity index (χ1n) is 2.69. The van der Waals surface area contributed by atoms with E-state index >= 15 is 0 Å². The fraction of sp³-hybridized carbons (Fsp3) is 0. The molecule has 46 valence electrons. The molecule has 0 aliphatic carbocycles.